The van der Waals surface area contributed by atoms with Crippen molar-refractivity contribution in [1.29, 1.82) is 0 Å². The third-order valence-corrected chi connectivity index (χ3v) is 8.56. The maximum atomic E-state index is 14.1. The van der Waals surface area contributed by atoms with Crippen LogP contribution >= 0.6 is 0 Å². The van der Waals surface area contributed by atoms with Crippen LogP contribution in [-0.4, -0.2) is 52.6 Å². The number of hydrogen-bond donors (Lipinski definition) is 0. The molecule has 1 unspecified atom stereocenters. The van der Waals surface area contributed by atoms with Crippen molar-refractivity contribution in [2.75, 3.05) is 0 Å². The molecule has 0 amide bonds. The Balaban J connectivity index is 1.91. The van der Waals surface area contributed by atoms with Crippen molar-refractivity contribution in [2.45, 2.75) is 106 Å². The van der Waals surface area contributed by atoms with Crippen molar-refractivity contribution in [2.24, 2.45) is 17.8 Å². The molecule has 3 rings (SSSR count). The third-order valence-electron chi connectivity index (χ3n) is 8.56. The summed E-state index contributed by atoms with van der Waals surface area (Å²) in [6.07, 6.45) is -0.104. The minimum absolute atomic E-state index is 0.299. The molecule has 0 aliphatic rings. The van der Waals surface area contributed by atoms with Gasteiger partial charge in [-0.1, -0.05) is 102 Å². The smallest absolute Gasteiger partial charge is 0.309 e. The van der Waals surface area contributed by atoms with E-state index in [0.717, 1.165) is 16.7 Å². The maximum Gasteiger partial charge on any atom is 0.309 e. The summed E-state index contributed by atoms with van der Waals surface area (Å²) in [6.45, 7) is 18.1. The van der Waals surface area contributed by atoms with Crippen LogP contribution in [0.4, 0.5) is 0 Å². The second-order valence-electron chi connectivity index (χ2n) is 15.2. The molecule has 0 aliphatic carbocycles. The number of benzene rings is 3. The zero-order valence-electron chi connectivity index (χ0n) is 32.2. The van der Waals surface area contributed by atoms with E-state index in [0.29, 0.717) is 35.1 Å². The number of ketones is 3. The van der Waals surface area contributed by atoms with Gasteiger partial charge in [-0.2, -0.15) is 0 Å². The first-order valence-corrected chi connectivity index (χ1v) is 17.7. The molecule has 0 N–H and O–H groups in total. The van der Waals surface area contributed by atoms with E-state index in [1.807, 2.05) is 24.3 Å². The first-order valence-electron chi connectivity index (χ1n) is 17.7. The molecule has 0 aliphatic heterocycles. The molecular formula is C43H52O9. The van der Waals surface area contributed by atoms with Gasteiger partial charge in [-0.15, -0.1) is 0 Å². The Morgan fingerprint density at radius 2 is 0.942 bits per heavy atom. The standard InChI is InChI=1S/C43H52O9/c1-25(2)39(47)50-28(7)36(44)32-17-12-29(13-18-32)22-31-16-21-34(35(24-31)38(46)43(10,11)52-41(49)27(5)6)23-30-14-19-33(20-15-30)37(45)42(8,9)51-40(48)26(3)4/h12-21,24-28H,22-23H2,1-11H3. The van der Waals surface area contributed by atoms with Gasteiger partial charge in [0.2, 0.25) is 17.3 Å². The van der Waals surface area contributed by atoms with Crippen LogP contribution < -0.4 is 0 Å². The van der Waals surface area contributed by atoms with Gasteiger partial charge in [-0.25, -0.2) is 0 Å². The van der Waals surface area contributed by atoms with E-state index in [2.05, 4.69) is 0 Å². The molecule has 278 valence electrons. The number of carbonyl (C=O) groups is 6. The summed E-state index contributed by atoms with van der Waals surface area (Å²) in [5, 5.41) is 0. The number of esters is 3. The number of hydrogen-bond acceptors (Lipinski definition) is 9. The molecule has 0 saturated heterocycles. The predicted octanol–water partition coefficient (Wildman–Crippen LogP) is 7.96. The highest BCUT2D eigenvalue weighted by Gasteiger charge is 2.36. The van der Waals surface area contributed by atoms with Crippen molar-refractivity contribution in [1.82, 2.24) is 0 Å². The molecule has 1 atom stereocenters. The summed E-state index contributed by atoms with van der Waals surface area (Å²) in [5.41, 5.74) is 1.68. The van der Waals surface area contributed by atoms with Crippen molar-refractivity contribution in [3.63, 3.8) is 0 Å². The summed E-state index contributed by atoms with van der Waals surface area (Å²) >= 11 is 0. The van der Waals surface area contributed by atoms with Crippen LogP contribution in [-0.2, 0) is 41.4 Å². The Hall–Kier alpha value is -4.92. The fourth-order valence-electron chi connectivity index (χ4n) is 5.22. The van der Waals surface area contributed by atoms with E-state index < -0.39 is 41.1 Å². The van der Waals surface area contributed by atoms with Gasteiger partial charge in [0.15, 0.2) is 17.3 Å². The van der Waals surface area contributed by atoms with Gasteiger partial charge >= 0.3 is 17.9 Å². The van der Waals surface area contributed by atoms with Gasteiger partial charge in [-0.3, -0.25) is 28.8 Å². The van der Waals surface area contributed by atoms with Crippen molar-refractivity contribution >= 4 is 35.3 Å². The van der Waals surface area contributed by atoms with Gasteiger partial charge in [0.25, 0.3) is 0 Å². The summed E-state index contributed by atoms with van der Waals surface area (Å²) in [6, 6.07) is 19.6. The van der Waals surface area contributed by atoms with Gasteiger partial charge in [0.05, 0.1) is 17.8 Å². The average Bonchev–Trinajstić information content (AvgIpc) is 3.08. The lowest BCUT2D eigenvalue weighted by molar-refractivity contribution is -0.157. The molecule has 0 saturated carbocycles. The van der Waals surface area contributed by atoms with Gasteiger partial charge in [-0.05, 0) is 75.8 Å². The Kier molecular flexibility index (Phi) is 13.6. The highest BCUT2D eigenvalue weighted by atomic mass is 16.6. The van der Waals surface area contributed by atoms with Crippen LogP contribution in [0.25, 0.3) is 0 Å². The van der Waals surface area contributed by atoms with E-state index >= 15 is 0 Å². The number of Topliss-reactive ketones (excluding diaryl/α,β-unsaturated/α-hetero) is 3. The second-order valence-corrected chi connectivity index (χ2v) is 15.2. The van der Waals surface area contributed by atoms with Crippen LogP contribution in [0.5, 0.6) is 0 Å². The van der Waals surface area contributed by atoms with E-state index in [1.54, 1.807) is 119 Å². The summed E-state index contributed by atoms with van der Waals surface area (Å²) < 4.78 is 16.4. The number of ether oxygens (including phenoxy) is 3. The topological polar surface area (TPSA) is 130 Å². The van der Waals surface area contributed by atoms with E-state index in [1.165, 1.54) is 0 Å². The van der Waals surface area contributed by atoms with Crippen LogP contribution in [0.15, 0.2) is 66.7 Å². The molecule has 0 spiro atoms. The molecule has 3 aromatic carbocycles. The van der Waals surface area contributed by atoms with Crippen LogP contribution in [0, 0.1) is 17.8 Å². The maximum absolute atomic E-state index is 14.1. The minimum Gasteiger partial charge on any atom is -0.454 e. The number of rotatable bonds is 16. The van der Waals surface area contributed by atoms with Gasteiger partial charge in [0.1, 0.15) is 0 Å². The van der Waals surface area contributed by atoms with Crippen molar-refractivity contribution < 1.29 is 43.0 Å². The average molecular weight is 713 g/mol. The first-order chi connectivity index (χ1) is 24.1. The zero-order chi connectivity index (χ0) is 39.1. The van der Waals surface area contributed by atoms with E-state index in [4.69, 9.17) is 14.2 Å². The highest BCUT2D eigenvalue weighted by Crippen LogP contribution is 2.27. The highest BCUT2D eigenvalue weighted by molar-refractivity contribution is 6.05. The fourth-order valence-corrected chi connectivity index (χ4v) is 5.22. The summed E-state index contributed by atoms with van der Waals surface area (Å²) in [5.74, 6) is -3.50. The Bertz CT molecular complexity index is 1790. The normalized spacial score (nSPS) is 12.4. The van der Waals surface area contributed by atoms with Crippen molar-refractivity contribution in [3.8, 4) is 0 Å². The Morgan fingerprint density at radius 1 is 0.519 bits per heavy atom. The molecule has 3 aromatic rings. The monoisotopic (exact) mass is 712 g/mol. The SMILES string of the molecule is CC(C)C(=O)OC(C)C(=O)c1ccc(Cc2ccc(Cc3ccc(C(=O)C(C)(C)OC(=O)C(C)C)cc3)c(C(=O)C(C)(C)OC(=O)C(C)C)c2)cc1. The number of carbonyl (C=O) groups excluding carboxylic acids is 6. The summed E-state index contributed by atoms with van der Waals surface area (Å²) in [7, 11) is 0. The molecule has 0 fully saturated rings. The Morgan fingerprint density at radius 3 is 1.42 bits per heavy atom. The van der Waals surface area contributed by atoms with Crippen LogP contribution in [0.2, 0.25) is 0 Å². The molecule has 0 bridgehead atoms. The fraction of sp³-hybridized carbons (Fsp3) is 0.442. The van der Waals surface area contributed by atoms with Crippen LogP contribution in [0.3, 0.4) is 0 Å². The zero-order valence-corrected chi connectivity index (χ0v) is 32.2. The predicted molar refractivity (Wildman–Crippen MR) is 198 cm³/mol. The second kappa shape index (κ2) is 17.1. The lowest BCUT2D eigenvalue weighted by atomic mass is 9.87. The van der Waals surface area contributed by atoms with E-state index in [-0.39, 0.29) is 29.2 Å². The lowest BCUT2D eigenvalue weighted by Gasteiger charge is -2.26. The van der Waals surface area contributed by atoms with E-state index in [9.17, 15) is 28.8 Å². The largest absolute Gasteiger partial charge is 0.454 e. The molecule has 9 heteroatoms. The molecule has 0 aromatic heterocycles. The molecule has 52 heavy (non-hydrogen) atoms. The first kappa shape index (κ1) is 41.5. The molecule has 9 nitrogen and oxygen atoms in total. The van der Waals surface area contributed by atoms with Gasteiger partial charge in [0, 0.05) is 16.7 Å². The summed E-state index contributed by atoms with van der Waals surface area (Å²) in [4.78, 5) is 76.9. The molecular weight excluding hydrogens is 660 g/mol. The third kappa shape index (κ3) is 10.8. The molecule has 0 heterocycles. The van der Waals surface area contributed by atoms with Crippen LogP contribution in [0.1, 0.15) is 129 Å². The quantitative estimate of drug-likeness (QED) is 0.0825. The Labute approximate surface area is 307 Å². The van der Waals surface area contributed by atoms with Gasteiger partial charge < -0.3 is 14.2 Å². The van der Waals surface area contributed by atoms with Crippen molar-refractivity contribution in [3.05, 3.63) is 106 Å². The minimum atomic E-state index is -1.44. The molecule has 0 radical (unpaired) electrons. The lowest BCUT2D eigenvalue weighted by Crippen LogP contribution is -2.39.